The molecule has 0 aromatic heterocycles. The van der Waals surface area contributed by atoms with Crippen molar-refractivity contribution in [2.24, 2.45) is 5.10 Å². The van der Waals surface area contributed by atoms with Gasteiger partial charge in [-0.25, -0.2) is 0 Å². The van der Waals surface area contributed by atoms with Gasteiger partial charge in [-0.05, 0) is 24.6 Å². The van der Waals surface area contributed by atoms with Crippen LogP contribution >= 0.6 is 0 Å². The second-order valence-electron chi connectivity index (χ2n) is 2.37. The van der Waals surface area contributed by atoms with Crippen LogP contribution in [-0.4, -0.2) is 6.21 Å². The van der Waals surface area contributed by atoms with Crippen molar-refractivity contribution >= 4 is 11.9 Å². The Labute approximate surface area is 71.3 Å². The number of nitrogens with zero attached hydrogens (tertiary/aromatic N) is 2. The summed E-state index contributed by atoms with van der Waals surface area (Å²) in [6, 6.07) is 9.57. The van der Waals surface area contributed by atoms with Gasteiger partial charge in [0.1, 0.15) is 12.3 Å². The van der Waals surface area contributed by atoms with Crippen LogP contribution in [-0.2, 0) is 0 Å². The molecule has 0 radical (unpaired) electrons. The topological polar surface area (TPSA) is 48.2 Å². The molecule has 0 atom stereocenters. The average Bonchev–Trinajstić information content (AvgIpc) is 2.05. The maximum atomic E-state index is 8.16. The summed E-state index contributed by atoms with van der Waals surface area (Å²) >= 11 is 0. The predicted octanol–water partition coefficient (Wildman–Crippen LogP) is 1.92. The van der Waals surface area contributed by atoms with Crippen molar-refractivity contribution in [3.05, 3.63) is 29.8 Å². The van der Waals surface area contributed by atoms with E-state index in [0.29, 0.717) is 0 Å². The van der Waals surface area contributed by atoms with Crippen LogP contribution in [0.2, 0.25) is 0 Å². The molecule has 1 rings (SSSR count). The minimum atomic E-state index is 0.890. The lowest BCUT2D eigenvalue weighted by Crippen LogP contribution is -1.88. The Morgan fingerprint density at radius 1 is 1.58 bits per heavy atom. The Balaban J connectivity index is 2.65. The van der Waals surface area contributed by atoms with Gasteiger partial charge >= 0.3 is 0 Å². The molecule has 0 aliphatic carbocycles. The smallest absolute Gasteiger partial charge is 0.124 e. The van der Waals surface area contributed by atoms with Crippen LogP contribution in [0.15, 0.2) is 29.4 Å². The van der Waals surface area contributed by atoms with Crippen molar-refractivity contribution < 1.29 is 0 Å². The number of hydrogen-bond donors (Lipinski definition) is 1. The summed E-state index contributed by atoms with van der Waals surface area (Å²) in [4.78, 5) is 0. The molecule has 0 aliphatic heterocycles. The van der Waals surface area contributed by atoms with Crippen LogP contribution in [0, 0.1) is 18.3 Å². The van der Waals surface area contributed by atoms with Gasteiger partial charge in [-0.1, -0.05) is 12.1 Å². The fraction of sp³-hybridized carbons (Fsp3) is 0.111. The molecule has 0 saturated heterocycles. The zero-order chi connectivity index (χ0) is 8.81. The maximum absolute atomic E-state index is 8.16. The lowest BCUT2D eigenvalue weighted by atomic mass is 10.2. The van der Waals surface area contributed by atoms with Crippen molar-refractivity contribution in [2.45, 2.75) is 6.92 Å². The van der Waals surface area contributed by atoms with E-state index in [4.69, 9.17) is 5.26 Å². The van der Waals surface area contributed by atoms with Gasteiger partial charge in [0.2, 0.25) is 0 Å². The van der Waals surface area contributed by atoms with Crippen molar-refractivity contribution in [1.29, 1.82) is 5.26 Å². The van der Waals surface area contributed by atoms with E-state index in [9.17, 15) is 0 Å². The van der Waals surface area contributed by atoms with E-state index in [2.05, 4.69) is 10.5 Å². The zero-order valence-electron chi connectivity index (χ0n) is 6.78. The van der Waals surface area contributed by atoms with E-state index in [1.807, 2.05) is 31.2 Å². The first kappa shape index (κ1) is 8.28. The lowest BCUT2D eigenvalue weighted by Gasteiger charge is -1.98. The van der Waals surface area contributed by atoms with Crippen LogP contribution in [0.1, 0.15) is 5.56 Å². The highest BCUT2D eigenvalue weighted by atomic mass is 15.3. The molecule has 1 aromatic carbocycles. The van der Waals surface area contributed by atoms with Crippen LogP contribution in [0.5, 0.6) is 0 Å². The molecular weight excluding hydrogens is 150 g/mol. The minimum absolute atomic E-state index is 0.890. The summed E-state index contributed by atoms with van der Waals surface area (Å²) in [6.07, 6.45) is 1.16. The van der Waals surface area contributed by atoms with E-state index in [1.165, 1.54) is 0 Å². The molecule has 0 saturated carbocycles. The summed E-state index contributed by atoms with van der Waals surface area (Å²) < 4.78 is 0. The molecule has 60 valence electrons. The Bertz CT molecular complexity index is 323. The van der Waals surface area contributed by atoms with E-state index in [-0.39, 0.29) is 0 Å². The number of nitriles is 1. The molecule has 0 fully saturated rings. The third kappa shape index (κ3) is 2.43. The maximum Gasteiger partial charge on any atom is 0.124 e. The van der Waals surface area contributed by atoms with Gasteiger partial charge in [0, 0.05) is 0 Å². The quantitative estimate of drug-likeness (QED) is 0.529. The standard InChI is InChI=1S/C9H9N3/c1-8-3-2-4-9(7-8)12-11-6-5-10/h2-4,6-7,12H,1H3/b11-6+. The molecule has 0 aliphatic rings. The van der Waals surface area contributed by atoms with E-state index >= 15 is 0 Å². The Hall–Kier alpha value is -1.82. The van der Waals surface area contributed by atoms with Gasteiger partial charge < -0.3 is 0 Å². The summed E-state index contributed by atoms with van der Waals surface area (Å²) in [5.74, 6) is 0. The number of hydrazone groups is 1. The van der Waals surface area contributed by atoms with Crippen LogP contribution in [0.3, 0.4) is 0 Å². The molecule has 12 heavy (non-hydrogen) atoms. The number of benzene rings is 1. The molecule has 3 nitrogen and oxygen atoms in total. The SMILES string of the molecule is Cc1cccc(N/N=C/C#N)c1. The molecule has 0 bridgehead atoms. The molecule has 0 heterocycles. The van der Waals surface area contributed by atoms with Gasteiger partial charge in [-0.2, -0.15) is 10.4 Å². The highest BCUT2D eigenvalue weighted by molar-refractivity contribution is 5.75. The van der Waals surface area contributed by atoms with Crippen molar-refractivity contribution in [2.75, 3.05) is 5.43 Å². The Kier molecular flexibility index (Phi) is 2.86. The first-order valence-electron chi connectivity index (χ1n) is 3.57. The molecular formula is C9H9N3. The highest BCUT2D eigenvalue weighted by Crippen LogP contribution is 2.08. The zero-order valence-corrected chi connectivity index (χ0v) is 6.78. The second kappa shape index (κ2) is 4.14. The van der Waals surface area contributed by atoms with E-state index < -0.39 is 0 Å². The molecule has 1 N–H and O–H groups in total. The van der Waals surface area contributed by atoms with Gasteiger partial charge in [0.25, 0.3) is 0 Å². The summed E-state index contributed by atoms with van der Waals surface area (Å²) in [6.45, 7) is 2.00. The number of rotatable bonds is 2. The normalized spacial score (nSPS) is 9.67. The number of nitrogens with one attached hydrogen (secondary N) is 1. The van der Waals surface area contributed by atoms with Crippen molar-refractivity contribution in [1.82, 2.24) is 0 Å². The van der Waals surface area contributed by atoms with E-state index in [0.717, 1.165) is 17.5 Å². The largest absolute Gasteiger partial charge is 0.278 e. The first-order valence-corrected chi connectivity index (χ1v) is 3.57. The summed E-state index contributed by atoms with van der Waals surface area (Å²) in [5, 5.41) is 11.8. The van der Waals surface area contributed by atoms with Crippen LogP contribution in [0.4, 0.5) is 5.69 Å². The van der Waals surface area contributed by atoms with Gasteiger partial charge in [-0.15, -0.1) is 0 Å². The molecule has 0 amide bonds. The molecule has 0 unspecified atom stereocenters. The van der Waals surface area contributed by atoms with Crippen molar-refractivity contribution in [3.63, 3.8) is 0 Å². The number of anilines is 1. The van der Waals surface area contributed by atoms with Crippen LogP contribution in [0.25, 0.3) is 0 Å². The fourth-order valence-electron chi connectivity index (χ4n) is 0.850. The molecule has 3 heteroatoms. The summed E-state index contributed by atoms with van der Waals surface area (Å²) in [7, 11) is 0. The molecule has 1 aromatic rings. The monoisotopic (exact) mass is 159 g/mol. The van der Waals surface area contributed by atoms with E-state index in [1.54, 1.807) is 6.07 Å². The predicted molar refractivity (Wildman–Crippen MR) is 48.9 cm³/mol. The minimum Gasteiger partial charge on any atom is -0.278 e. The third-order valence-corrected chi connectivity index (χ3v) is 1.33. The number of aryl methyl sites for hydroxylation is 1. The average molecular weight is 159 g/mol. The Morgan fingerprint density at radius 3 is 3.08 bits per heavy atom. The molecule has 0 spiro atoms. The number of hydrogen-bond acceptors (Lipinski definition) is 3. The highest BCUT2D eigenvalue weighted by Gasteiger charge is 1.87. The van der Waals surface area contributed by atoms with Gasteiger partial charge in [-0.3, -0.25) is 5.43 Å². The van der Waals surface area contributed by atoms with Crippen molar-refractivity contribution in [3.8, 4) is 6.07 Å². The van der Waals surface area contributed by atoms with Crippen LogP contribution < -0.4 is 5.43 Å². The van der Waals surface area contributed by atoms with Gasteiger partial charge in [0.15, 0.2) is 0 Å². The Morgan fingerprint density at radius 2 is 2.42 bits per heavy atom. The lowest BCUT2D eigenvalue weighted by molar-refractivity contribution is 1.33. The summed E-state index contributed by atoms with van der Waals surface area (Å²) in [5.41, 5.74) is 4.78. The van der Waals surface area contributed by atoms with Gasteiger partial charge in [0.05, 0.1) is 5.69 Å². The second-order valence-corrected chi connectivity index (χ2v) is 2.37. The fourth-order valence-corrected chi connectivity index (χ4v) is 0.850. The first-order chi connectivity index (χ1) is 5.83. The third-order valence-electron chi connectivity index (χ3n) is 1.33.